The van der Waals surface area contributed by atoms with Crippen molar-refractivity contribution in [3.63, 3.8) is 0 Å². The van der Waals surface area contributed by atoms with Crippen LogP contribution in [0.15, 0.2) is 83.8 Å². The summed E-state index contributed by atoms with van der Waals surface area (Å²) in [5.74, 6) is -0.912. The van der Waals surface area contributed by atoms with Gasteiger partial charge in [0.2, 0.25) is 10.0 Å². The van der Waals surface area contributed by atoms with E-state index in [0.717, 1.165) is 5.56 Å². The highest BCUT2D eigenvalue weighted by molar-refractivity contribution is 7.89. The third-order valence-electron chi connectivity index (χ3n) is 4.42. The van der Waals surface area contributed by atoms with Crippen molar-refractivity contribution >= 4 is 21.6 Å². The molecule has 0 saturated heterocycles. The molecular weight excluding hydrogens is 426 g/mol. The predicted octanol–water partition coefficient (Wildman–Crippen LogP) is 4.36. The summed E-state index contributed by atoms with van der Waals surface area (Å²) in [6, 6.07) is 20.4. The van der Waals surface area contributed by atoms with Crippen molar-refractivity contribution in [2.45, 2.75) is 18.1 Å². The van der Waals surface area contributed by atoms with Crippen molar-refractivity contribution in [2.75, 3.05) is 12.4 Å². The number of nitrogens with zero attached hydrogens (tertiary/aromatic N) is 1. The highest BCUT2D eigenvalue weighted by atomic mass is 32.2. The van der Waals surface area contributed by atoms with Crippen LogP contribution in [-0.2, 0) is 16.6 Å². The van der Waals surface area contributed by atoms with Gasteiger partial charge in [-0.05, 0) is 42.0 Å². The molecule has 1 N–H and O–H groups in total. The topological polar surface area (TPSA) is 75.7 Å². The highest BCUT2D eigenvalue weighted by Crippen LogP contribution is 2.23. The van der Waals surface area contributed by atoms with Gasteiger partial charge in [0.1, 0.15) is 5.75 Å². The zero-order chi connectivity index (χ0) is 22.4. The van der Waals surface area contributed by atoms with Gasteiger partial charge < -0.3 is 10.1 Å². The number of carbonyl (C=O) groups is 1. The Morgan fingerprint density at radius 2 is 1.58 bits per heavy atom. The number of rotatable bonds is 8. The van der Waals surface area contributed by atoms with Gasteiger partial charge in [0.15, 0.2) is 0 Å². The zero-order valence-corrected chi connectivity index (χ0v) is 17.4. The molecule has 0 spiro atoms. The minimum Gasteiger partial charge on any atom is -0.434 e. The zero-order valence-electron chi connectivity index (χ0n) is 16.5. The van der Waals surface area contributed by atoms with E-state index in [4.69, 9.17) is 0 Å². The van der Waals surface area contributed by atoms with Crippen molar-refractivity contribution in [3.05, 3.63) is 90.0 Å². The number of alkyl halides is 2. The van der Waals surface area contributed by atoms with Crippen molar-refractivity contribution < 1.29 is 26.7 Å². The van der Waals surface area contributed by atoms with E-state index in [0.29, 0.717) is 5.69 Å². The number of halogens is 2. The minimum atomic E-state index is -3.74. The number of ether oxygens (including phenoxy) is 1. The monoisotopic (exact) mass is 446 g/mol. The molecule has 3 aromatic rings. The maximum Gasteiger partial charge on any atom is 0.387 e. The van der Waals surface area contributed by atoms with Crippen LogP contribution >= 0.6 is 0 Å². The Kier molecular flexibility index (Phi) is 6.98. The van der Waals surface area contributed by atoms with Crippen molar-refractivity contribution in [1.29, 1.82) is 0 Å². The third kappa shape index (κ3) is 5.65. The average Bonchev–Trinajstić information content (AvgIpc) is 2.74. The van der Waals surface area contributed by atoms with Crippen LogP contribution in [0.2, 0.25) is 0 Å². The Morgan fingerprint density at radius 3 is 2.23 bits per heavy atom. The number of para-hydroxylation sites is 1. The first kappa shape index (κ1) is 22.4. The molecule has 0 aliphatic heterocycles. The molecule has 3 aromatic carbocycles. The van der Waals surface area contributed by atoms with Gasteiger partial charge in [-0.3, -0.25) is 4.79 Å². The number of benzene rings is 3. The molecular formula is C22H20F2N2O4S. The Labute approximate surface area is 179 Å². The second-order valence-electron chi connectivity index (χ2n) is 6.60. The normalized spacial score (nSPS) is 11.5. The number of nitrogens with one attached hydrogen (secondary N) is 1. The standard InChI is InChI=1S/C22H20F2N2O4S/c1-26(15-16-7-3-2-4-8-16)31(28,29)18-13-11-17(12-14-18)25-21(27)19-9-5-6-10-20(19)30-22(23)24/h2-14,22H,15H2,1H3,(H,25,27). The SMILES string of the molecule is CN(Cc1ccccc1)S(=O)(=O)c1ccc(NC(=O)c2ccccc2OC(F)F)cc1. The van der Waals surface area contributed by atoms with Crippen LogP contribution < -0.4 is 10.1 Å². The molecule has 0 bridgehead atoms. The molecule has 0 aliphatic carbocycles. The van der Waals surface area contributed by atoms with Crippen LogP contribution in [0.1, 0.15) is 15.9 Å². The Hall–Kier alpha value is -3.30. The third-order valence-corrected chi connectivity index (χ3v) is 6.23. The lowest BCUT2D eigenvalue weighted by molar-refractivity contribution is -0.0501. The summed E-state index contributed by atoms with van der Waals surface area (Å²) in [5.41, 5.74) is 1.09. The second-order valence-corrected chi connectivity index (χ2v) is 8.64. The van der Waals surface area contributed by atoms with Crippen LogP contribution in [0.3, 0.4) is 0 Å². The molecule has 0 aromatic heterocycles. The molecule has 0 saturated carbocycles. The lowest BCUT2D eigenvalue weighted by atomic mass is 10.2. The largest absolute Gasteiger partial charge is 0.434 e. The number of hydrogen-bond donors (Lipinski definition) is 1. The lowest BCUT2D eigenvalue weighted by Gasteiger charge is -2.17. The van der Waals surface area contributed by atoms with E-state index in [1.54, 1.807) is 0 Å². The fourth-order valence-electron chi connectivity index (χ4n) is 2.87. The van der Waals surface area contributed by atoms with Crippen molar-refractivity contribution in [2.24, 2.45) is 0 Å². The number of sulfonamides is 1. The summed E-state index contributed by atoms with van der Waals surface area (Å²) in [4.78, 5) is 12.5. The van der Waals surface area contributed by atoms with E-state index in [1.165, 1.54) is 59.9 Å². The maximum atomic E-state index is 12.8. The molecule has 162 valence electrons. The molecule has 0 aliphatic rings. The molecule has 0 radical (unpaired) electrons. The van der Waals surface area contributed by atoms with E-state index in [2.05, 4.69) is 10.1 Å². The van der Waals surface area contributed by atoms with E-state index < -0.39 is 22.5 Å². The maximum absolute atomic E-state index is 12.8. The summed E-state index contributed by atoms with van der Waals surface area (Å²) in [5, 5.41) is 2.55. The molecule has 1 amide bonds. The number of anilines is 1. The van der Waals surface area contributed by atoms with E-state index in [9.17, 15) is 22.0 Å². The molecule has 6 nitrogen and oxygen atoms in total. The Bertz CT molecular complexity index is 1140. The van der Waals surface area contributed by atoms with E-state index in [-0.39, 0.29) is 22.8 Å². The van der Waals surface area contributed by atoms with Crippen LogP contribution in [-0.4, -0.2) is 32.3 Å². The van der Waals surface area contributed by atoms with Crippen molar-refractivity contribution in [1.82, 2.24) is 4.31 Å². The predicted molar refractivity (Wildman–Crippen MR) is 113 cm³/mol. The number of hydrogen-bond acceptors (Lipinski definition) is 4. The van der Waals surface area contributed by atoms with E-state index in [1.807, 2.05) is 30.3 Å². The van der Waals surface area contributed by atoms with Gasteiger partial charge in [-0.25, -0.2) is 8.42 Å². The summed E-state index contributed by atoms with van der Waals surface area (Å²) >= 11 is 0. The van der Waals surface area contributed by atoms with Gasteiger partial charge in [0.25, 0.3) is 5.91 Å². The first-order valence-corrected chi connectivity index (χ1v) is 10.7. The Morgan fingerprint density at radius 1 is 0.968 bits per heavy atom. The molecule has 3 rings (SSSR count). The van der Waals surface area contributed by atoms with Crippen LogP contribution in [0.5, 0.6) is 5.75 Å². The summed E-state index contributed by atoms with van der Waals surface area (Å²) in [7, 11) is -2.25. The summed E-state index contributed by atoms with van der Waals surface area (Å²) in [6.07, 6.45) is 0. The first-order valence-electron chi connectivity index (χ1n) is 9.23. The Balaban J connectivity index is 1.72. The molecule has 9 heteroatoms. The fourth-order valence-corrected chi connectivity index (χ4v) is 4.03. The van der Waals surface area contributed by atoms with Crippen LogP contribution in [0, 0.1) is 0 Å². The van der Waals surface area contributed by atoms with Gasteiger partial charge in [0, 0.05) is 19.3 Å². The fraction of sp³-hybridized carbons (Fsp3) is 0.136. The van der Waals surface area contributed by atoms with Gasteiger partial charge in [0.05, 0.1) is 10.5 Å². The smallest absolute Gasteiger partial charge is 0.387 e. The molecule has 31 heavy (non-hydrogen) atoms. The van der Waals surface area contributed by atoms with Gasteiger partial charge >= 0.3 is 6.61 Å². The van der Waals surface area contributed by atoms with Crippen LogP contribution in [0.25, 0.3) is 0 Å². The first-order chi connectivity index (χ1) is 14.8. The van der Waals surface area contributed by atoms with Crippen LogP contribution in [0.4, 0.5) is 14.5 Å². The molecule has 0 heterocycles. The second kappa shape index (κ2) is 9.67. The summed E-state index contributed by atoms with van der Waals surface area (Å²) in [6.45, 7) is -2.85. The summed E-state index contributed by atoms with van der Waals surface area (Å²) < 4.78 is 56.2. The van der Waals surface area contributed by atoms with Gasteiger partial charge in [-0.1, -0.05) is 42.5 Å². The number of carbonyl (C=O) groups excluding carboxylic acids is 1. The average molecular weight is 446 g/mol. The highest BCUT2D eigenvalue weighted by Gasteiger charge is 2.21. The molecule has 0 atom stereocenters. The number of amides is 1. The minimum absolute atomic E-state index is 0.0605. The van der Waals surface area contributed by atoms with E-state index >= 15 is 0 Å². The quantitative estimate of drug-likeness (QED) is 0.558. The lowest BCUT2D eigenvalue weighted by Crippen LogP contribution is -2.26. The van der Waals surface area contributed by atoms with Crippen molar-refractivity contribution in [3.8, 4) is 5.75 Å². The van der Waals surface area contributed by atoms with Gasteiger partial charge in [-0.15, -0.1) is 0 Å². The van der Waals surface area contributed by atoms with Gasteiger partial charge in [-0.2, -0.15) is 13.1 Å². The molecule has 0 unspecified atom stereocenters. The molecule has 0 fully saturated rings.